The van der Waals surface area contributed by atoms with Gasteiger partial charge in [-0.25, -0.2) is 0 Å². The first kappa shape index (κ1) is 17.0. The van der Waals surface area contributed by atoms with Crippen molar-refractivity contribution >= 4 is 16.9 Å². The number of carbonyl (C=O) groups is 1. The highest BCUT2D eigenvalue weighted by Crippen LogP contribution is 2.31. The van der Waals surface area contributed by atoms with E-state index in [-0.39, 0.29) is 11.9 Å². The Morgan fingerprint density at radius 1 is 1.20 bits per heavy atom. The predicted molar refractivity (Wildman–Crippen MR) is 97.3 cm³/mol. The molecule has 1 aromatic heterocycles. The van der Waals surface area contributed by atoms with Gasteiger partial charge in [0.05, 0.1) is 12.6 Å². The zero-order chi connectivity index (χ0) is 17.8. The minimum atomic E-state index is -0.716. The number of nitrogens with one attached hydrogen (secondary N) is 1. The van der Waals surface area contributed by atoms with E-state index in [4.69, 9.17) is 14.9 Å². The molecule has 130 valence electrons. The lowest BCUT2D eigenvalue weighted by atomic mass is 10.1. The molecule has 3 aromatic rings. The summed E-state index contributed by atoms with van der Waals surface area (Å²) in [6.45, 7) is 4.36. The molecule has 0 radical (unpaired) electrons. The van der Waals surface area contributed by atoms with E-state index in [0.29, 0.717) is 23.7 Å². The quantitative estimate of drug-likeness (QED) is 0.718. The maximum absolute atomic E-state index is 12.4. The number of benzene rings is 2. The van der Waals surface area contributed by atoms with Crippen LogP contribution >= 0.6 is 0 Å². The van der Waals surface area contributed by atoms with E-state index < -0.39 is 6.04 Å². The van der Waals surface area contributed by atoms with Gasteiger partial charge in [0.25, 0.3) is 0 Å². The Hall–Kier alpha value is -2.79. The molecule has 1 heterocycles. The van der Waals surface area contributed by atoms with E-state index in [1.54, 1.807) is 0 Å². The number of nitrogens with two attached hydrogens (primary N) is 1. The molecule has 0 bridgehead atoms. The maximum Gasteiger partial charge on any atom is 0.242 e. The lowest BCUT2D eigenvalue weighted by molar-refractivity contribution is -0.123. The Morgan fingerprint density at radius 2 is 1.96 bits per heavy atom. The minimum Gasteiger partial charge on any atom is -0.490 e. The summed E-state index contributed by atoms with van der Waals surface area (Å²) >= 11 is 0. The minimum absolute atomic E-state index is 0.246. The molecule has 3 rings (SSSR count). The fourth-order valence-corrected chi connectivity index (χ4v) is 2.72. The van der Waals surface area contributed by atoms with Gasteiger partial charge in [-0.3, -0.25) is 4.79 Å². The molecule has 0 aliphatic rings. The SMILES string of the molecule is CCOc1cccc2cc(C(C)NC(=O)C(N)c3ccccc3)oc12. The van der Waals surface area contributed by atoms with Crippen LogP contribution in [0.3, 0.4) is 0 Å². The fraction of sp³-hybridized carbons (Fsp3) is 0.250. The molecular formula is C20H22N2O3. The lowest BCUT2D eigenvalue weighted by Crippen LogP contribution is -2.35. The summed E-state index contributed by atoms with van der Waals surface area (Å²) in [4.78, 5) is 12.4. The number of ether oxygens (including phenoxy) is 1. The first-order valence-corrected chi connectivity index (χ1v) is 8.36. The Kier molecular flexibility index (Phi) is 5.05. The highest BCUT2D eigenvalue weighted by atomic mass is 16.5. The van der Waals surface area contributed by atoms with Gasteiger partial charge in [0, 0.05) is 5.39 Å². The lowest BCUT2D eigenvalue weighted by Gasteiger charge is -2.16. The zero-order valence-corrected chi connectivity index (χ0v) is 14.4. The van der Waals surface area contributed by atoms with Crippen molar-refractivity contribution < 1.29 is 13.9 Å². The summed E-state index contributed by atoms with van der Waals surface area (Å²) in [5.74, 6) is 1.12. The Labute approximate surface area is 146 Å². The van der Waals surface area contributed by atoms with Gasteiger partial charge in [-0.1, -0.05) is 42.5 Å². The van der Waals surface area contributed by atoms with Crippen LogP contribution in [0.4, 0.5) is 0 Å². The van der Waals surface area contributed by atoms with Crippen LogP contribution in [0, 0.1) is 0 Å². The molecule has 2 atom stereocenters. The molecule has 3 N–H and O–H groups in total. The summed E-state index contributed by atoms with van der Waals surface area (Å²) in [6.07, 6.45) is 0. The van der Waals surface area contributed by atoms with Crippen LogP contribution in [-0.4, -0.2) is 12.5 Å². The number of furan rings is 1. The van der Waals surface area contributed by atoms with Gasteiger partial charge in [-0.05, 0) is 31.5 Å². The molecule has 5 heteroatoms. The summed E-state index contributed by atoms with van der Waals surface area (Å²) in [5.41, 5.74) is 7.50. The molecule has 5 nitrogen and oxygen atoms in total. The molecule has 2 unspecified atom stereocenters. The average molecular weight is 338 g/mol. The molecule has 0 aliphatic heterocycles. The van der Waals surface area contributed by atoms with Gasteiger partial charge >= 0.3 is 0 Å². The summed E-state index contributed by atoms with van der Waals surface area (Å²) in [5, 5.41) is 3.85. The molecule has 1 amide bonds. The third-order valence-electron chi connectivity index (χ3n) is 4.05. The zero-order valence-electron chi connectivity index (χ0n) is 14.4. The van der Waals surface area contributed by atoms with E-state index in [2.05, 4.69) is 5.32 Å². The summed E-state index contributed by atoms with van der Waals surface area (Å²) in [7, 11) is 0. The van der Waals surface area contributed by atoms with Gasteiger partial charge < -0.3 is 20.2 Å². The number of fused-ring (bicyclic) bond motifs is 1. The number of hydrogen-bond acceptors (Lipinski definition) is 4. The topological polar surface area (TPSA) is 77.5 Å². The number of rotatable bonds is 6. The van der Waals surface area contributed by atoms with Crippen LogP contribution in [0.5, 0.6) is 5.75 Å². The van der Waals surface area contributed by atoms with Crippen LogP contribution in [0.25, 0.3) is 11.0 Å². The van der Waals surface area contributed by atoms with Crippen LogP contribution < -0.4 is 15.8 Å². The van der Waals surface area contributed by atoms with E-state index >= 15 is 0 Å². The molecule has 2 aromatic carbocycles. The van der Waals surface area contributed by atoms with Crippen molar-refractivity contribution in [2.45, 2.75) is 25.9 Å². The van der Waals surface area contributed by atoms with Crippen molar-refractivity contribution in [1.29, 1.82) is 0 Å². The van der Waals surface area contributed by atoms with Crippen molar-refractivity contribution in [3.05, 3.63) is 65.9 Å². The molecule has 0 fully saturated rings. The van der Waals surface area contributed by atoms with Crippen molar-refractivity contribution in [2.24, 2.45) is 5.73 Å². The summed E-state index contributed by atoms with van der Waals surface area (Å²) in [6, 6.07) is 15.9. The number of carbonyl (C=O) groups excluding carboxylic acids is 1. The van der Waals surface area contributed by atoms with E-state index in [1.807, 2.05) is 68.4 Å². The van der Waals surface area contributed by atoms with Crippen molar-refractivity contribution in [1.82, 2.24) is 5.32 Å². The van der Waals surface area contributed by atoms with Gasteiger partial charge in [0.2, 0.25) is 5.91 Å². The smallest absolute Gasteiger partial charge is 0.242 e. The number of para-hydroxylation sites is 1. The molecule has 0 spiro atoms. The molecular weight excluding hydrogens is 316 g/mol. The highest BCUT2D eigenvalue weighted by Gasteiger charge is 2.20. The Morgan fingerprint density at radius 3 is 2.68 bits per heavy atom. The van der Waals surface area contributed by atoms with Gasteiger partial charge in [-0.2, -0.15) is 0 Å². The van der Waals surface area contributed by atoms with Crippen molar-refractivity contribution in [2.75, 3.05) is 6.61 Å². The molecule has 0 aliphatic carbocycles. The molecule has 25 heavy (non-hydrogen) atoms. The van der Waals surface area contributed by atoms with Crippen molar-refractivity contribution in [3.8, 4) is 5.75 Å². The Bertz CT molecular complexity index is 858. The second-order valence-electron chi connectivity index (χ2n) is 5.87. The fourth-order valence-electron chi connectivity index (χ4n) is 2.72. The van der Waals surface area contributed by atoms with Gasteiger partial charge in [-0.15, -0.1) is 0 Å². The predicted octanol–water partition coefficient (Wildman–Crippen LogP) is 3.71. The second kappa shape index (κ2) is 7.40. The highest BCUT2D eigenvalue weighted by molar-refractivity contribution is 5.85. The molecule has 0 saturated carbocycles. The number of amides is 1. The monoisotopic (exact) mass is 338 g/mol. The average Bonchev–Trinajstić information content (AvgIpc) is 3.07. The maximum atomic E-state index is 12.4. The van der Waals surface area contributed by atoms with Crippen molar-refractivity contribution in [3.63, 3.8) is 0 Å². The van der Waals surface area contributed by atoms with Gasteiger partial charge in [0.1, 0.15) is 11.8 Å². The standard InChI is InChI=1S/C20H22N2O3/c1-3-24-16-11-7-10-15-12-17(25-19(15)16)13(2)22-20(23)18(21)14-8-5-4-6-9-14/h4-13,18H,3,21H2,1-2H3,(H,22,23). The second-order valence-corrected chi connectivity index (χ2v) is 5.87. The van der Waals surface area contributed by atoms with Crippen LogP contribution in [0.1, 0.15) is 37.3 Å². The normalized spacial score (nSPS) is 13.4. The first-order valence-electron chi connectivity index (χ1n) is 8.36. The van der Waals surface area contributed by atoms with E-state index in [9.17, 15) is 4.79 Å². The van der Waals surface area contributed by atoms with E-state index in [1.165, 1.54) is 0 Å². The Balaban J connectivity index is 1.77. The summed E-state index contributed by atoms with van der Waals surface area (Å²) < 4.78 is 11.5. The van der Waals surface area contributed by atoms with Crippen LogP contribution in [0.2, 0.25) is 0 Å². The van der Waals surface area contributed by atoms with Crippen LogP contribution in [0.15, 0.2) is 59.0 Å². The van der Waals surface area contributed by atoms with E-state index in [0.717, 1.165) is 10.9 Å². The third-order valence-corrected chi connectivity index (χ3v) is 4.05. The first-order chi connectivity index (χ1) is 12.1. The van der Waals surface area contributed by atoms with Gasteiger partial charge in [0.15, 0.2) is 11.3 Å². The van der Waals surface area contributed by atoms with Crippen LogP contribution in [-0.2, 0) is 4.79 Å². The number of hydrogen-bond donors (Lipinski definition) is 2. The third kappa shape index (κ3) is 3.67. The molecule has 0 saturated heterocycles. The largest absolute Gasteiger partial charge is 0.490 e.